The lowest BCUT2D eigenvalue weighted by molar-refractivity contribution is -0.384. The molecule has 1 aliphatic carbocycles. The van der Waals surface area contributed by atoms with E-state index in [0.717, 1.165) is 23.7 Å². The van der Waals surface area contributed by atoms with Crippen LogP contribution in [0.3, 0.4) is 0 Å². The highest BCUT2D eigenvalue weighted by molar-refractivity contribution is 9.10. The molecule has 0 spiro atoms. The molecule has 0 aromatic heterocycles. The maximum atomic E-state index is 10.9. The first-order valence-corrected chi connectivity index (χ1v) is 6.31. The zero-order chi connectivity index (χ0) is 12.3. The van der Waals surface area contributed by atoms with Crippen molar-refractivity contribution in [1.29, 1.82) is 0 Å². The summed E-state index contributed by atoms with van der Waals surface area (Å²) in [7, 11) is 0. The van der Waals surface area contributed by atoms with Gasteiger partial charge in [-0.05, 0) is 31.4 Å². The molecule has 4 nitrogen and oxygen atoms in total. The quantitative estimate of drug-likeness (QED) is 0.523. The van der Waals surface area contributed by atoms with E-state index < -0.39 is 0 Å². The number of rotatable bonds is 3. The minimum atomic E-state index is -0.354. The van der Waals surface area contributed by atoms with Gasteiger partial charge in [0.15, 0.2) is 0 Å². The van der Waals surface area contributed by atoms with Crippen molar-refractivity contribution in [3.05, 3.63) is 44.9 Å². The molecule has 5 heteroatoms. The maximum Gasteiger partial charge on any atom is 0.292 e. The molecule has 0 heterocycles. The van der Waals surface area contributed by atoms with Crippen molar-refractivity contribution >= 4 is 27.3 Å². The smallest absolute Gasteiger partial charge is 0.292 e. The van der Waals surface area contributed by atoms with Crippen LogP contribution in [0, 0.1) is 10.1 Å². The summed E-state index contributed by atoms with van der Waals surface area (Å²) in [6.45, 7) is 0. The molecule has 1 unspecified atom stereocenters. The molecule has 0 amide bonds. The van der Waals surface area contributed by atoms with Crippen LogP contribution < -0.4 is 5.32 Å². The molecule has 0 aliphatic heterocycles. The van der Waals surface area contributed by atoms with Crippen LogP contribution in [-0.4, -0.2) is 11.0 Å². The first kappa shape index (κ1) is 12.1. The molecule has 0 fully saturated rings. The van der Waals surface area contributed by atoms with Crippen LogP contribution in [0.2, 0.25) is 0 Å². The van der Waals surface area contributed by atoms with Crippen molar-refractivity contribution in [3.8, 4) is 0 Å². The monoisotopic (exact) mass is 296 g/mol. The third-order valence-corrected chi connectivity index (χ3v) is 3.28. The standard InChI is InChI=1S/C12H13BrN2O2/c13-9-6-7-12(15(16)17)11(8-9)14-10-4-2-1-3-5-10/h1-2,6-8,10,14H,3-5H2. The van der Waals surface area contributed by atoms with Crippen molar-refractivity contribution in [1.82, 2.24) is 0 Å². The zero-order valence-corrected chi connectivity index (χ0v) is 10.8. The molecule has 0 saturated heterocycles. The lowest BCUT2D eigenvalue weighted by Crippen LogP contribution is -2.20. The Hall–Kier alpha value is -1.36. The number of benzene rings is 1. The molecule has 2 rings (SSSR count). The topological polar surface area (TPSA) is 55.2 Å². The summed E-state index contributed by atoms with van der Waals surface area (Å²) in [6, 6.07) is 5.25. The zero-order valence-electron chi connectivity index (χ0n) is 9.23. The molecule has 1 N–H and O–H groups in total. The fourth-order valence-corrected chi connectivity index (χ4v) is 2.29. The normalized spacial score (nSPS) is 19.0. The van der Waals surface area contributed by atoms with Crippen molar-refractivity contribution < 1.29 is 4.92 Å². The number of hydrogen-bond donors (Lipinski definition) is 1. The van der Waals surface area contributed by atoms with Crippen LogP contribution in [0.1, 0.15) is 19.3 Å². The Morgan fingerprint density at radius 3 is 2.88 bits per heavy atom. The molecular formula is C12H13BrN2O2. The van der Waals surface area contributed by atoms with E-state index in [1.165, 1.54) is 6.07 Å². The lowest BCUT2D eigenvalue weighted by atomic mass is 10.0. The van der Waals surface area contributed by atoms with Crippen LogP contribution in [0.25, 0.3) is 0 Å². The van der Waals surface area contributed by atoms with Gasteiger partial charge < -0.3 is 5.32 Å². The predicted molar refractivity (Wildman–Crippen MR) is 71.2 cm³/mol. The van der Waals surface area contributed by atoms with Crippen LogP contribution in [0.15, 0.2) is 34.8 Å². The van der Waals surface area contributed by atoms with E-state index in [0.29, 0.717) is 5.69 Å². The number of nitro groups is 1. The average Bonchev–Trinajstić information content (AvgIpc) is 2.30. The summed E-state index contributed by atoms with van der Waals surface area (Å²) in [5.41, 5.74) is 0.715. The van der Waals surface area contributed by atoms with Crippen molar-refractivity contribution in [2.45, 2.75) is 25.3 Å². The summed E-state index contributed by atoms with van der Waals surface area (Å²) < 4.78 is 0.844. The second-order valence-electron chi connectivity index (χ2n) is 4.04. The molecule has 17 heavy (non-hydrogen) atoms. The Balaban J connectivity index is 2.21. The van der Waals surface area contributed by atoms with Gasteiger partial charge in [0, 0.05) is 16.6 Å². The van der Waals surface area contributed by atoms with E-state index in [9.17, 15) is 10.1 Å². The van der Waals surface area contributed by atoms with Crippen LogP contribution in [0.4, 0.5) is 11.4 Å². The Morgan fingerprint density at radius 2 is 2.24 bits per heavy atom. The minimum Gasteiger partial charge on any atom is -0.376 e. The molecule has 0 bridgehead atoms. The summed E-state index contributed by atoms with van der Waals surface area (Å²) in [6.07, 6.45) is 7.22. The number of nitrogens with zero attached hydrogens (tertiary/aromatic N) is 1. The van der Waals surface area contributed by atoms with Gasteiger partial charge in [0.2, 0.25) is 0 Å². The SMILES string of the molecule is O=[N+]([O-])c1ccc(Br)cc1NC1CC=CCC1. The first-order chi connectivity index (χ1) is 8.16. The van der Waals surface area contributed by atoms with Gasteiger partial charge in [0.1, 0.15) is 5.69 Å². The van der Waals surface area contributed by atoms with E-state index in [-0.39, 0.29) is 16.7 Å². The second kappa shape index (κ2) is 5.31. The van der Waals surface area contributed by atoms with Gasteiger partial charge in [-0.2, -0.15) is 0 Å². The summed E-state index contributed by atoms with van der Waals surface area (Å²) in [4.78, 5) is 10.6. The van der Waals surface area contributed by atoms with Crippen molar-refractivity contribution in [2.24, 2.45) is 0 Å². The molecule has 0 radical (unpaired) electrons. The molecular weight excluding hydrogens is 284 g/mol. The van der Waals surface area contributed by atoms with Crippen LogP contribution >= 0.6 is 15.9 Å². The van der Waals surface area contributed by atoms with E-state index in [4.69, 9.17) is 0 Å². The number of nitrogens with one attached hydrogen (secondary N) is 1. The Morgan fingerprint density at radius 1 is 1.41 bits per heavy atom. The molecule has 1 aromatic rings. The van der Waals surface area contributed by atoms with Crippen LogP contribution in [-0.2, 0) is 0 Å². The molecule has 0 saturated carbocycles. The second-order valence-corrected chi connectivity index (χ2v) is 4.96. The fraction of sp³-hybridized carbons (Fsp3) is 0.333. The Kier molecular flexibility index (Phi) is 3.78. The number of allylic oxidation sites excluding steroid dienone is 1. The molecule has 90 valence electrons. The van der Waals surface area contributed by atoms with Gasteiger partial charge in [-0.15, -0.1) is 0 Å². The highest BCUT2D eigenvalue weighted by Gasteiger charge is 2.17. The van der Waals surface area contributed by atoms with Crippen molar-refractivity contribution in [3.63, 3.8) is 0 Å². The average molecular weight is 297 g/mol. The lowest BCUT2D eigenvalue weighted by Gasteiger charge is -2.20. The van der Waals surface area contributed by atoms with Gasteiger partial charge in [-0.3, -0.25) is 10.1 Å². The predicted octanol–water partition coefficient (Wildman–Crippen LogP) is 3.88. The summed E-state index contributed by atoms with van der Waals surface area (Å²) >= 11 is 3.33. The minimum absolute atomic E-state index is 0.128. The molecule has 1 atom stereocenters. The fourth-order valence-electron chi connectivity index (χ4n) is 1.93. The van der Waals surface area contributed by atoms with E-state index >= 15 is 0 Å². The van der Waals surface area contributed by atoms with Gasteiger partial charge in [-0.25, -0.2) is 0 Å². The number of halogens is 1. The molecule has 1 aliphatic rings. The van der Waals surface area contributed by atoms with Gasteiger partial charge in [0.05, 0.1) is 4.92 Å². The van der Waals surface area contributed by atoms with E-state index in [1.54, 1.807) is 12.1 Å². The number of nitro benzene ring substituents is 1. The maximum absolute atomic E-state index is 10.9. The molecule has 1 aromatic carbocycles. The summed E-state index contributed by atoms with van der Waals surface area (Å²) in [5.74, 6) is 0. The Bertz CT molecular complexity index is 460. The van der Waals surface area contributed by atoms with E-state index in [2.05, 4.69) is 33.4 Å². The largest absolute Gasteiger partial charge is 0.376 e. The van der Waals surface area contributed by atoms with Crippen molar-refractivity contribution in [2.75, 3.05) is 5.32 Å². The van der Waals surface area contributed by atoms with Gasteiger partial charge >= 0.3 is 0 Å². The first-order valence-electron chi connectivity index (χ1n) is 5.52. The van der Waals surface area contributed by atoms with Gasteiger partial charge in [0.25, 0.3) is 5.69 Å². The highest BCUT2D eigenvalue weighted by atomic mass is 79.9. The third-order valence-electron chi connectivity index (χ3n) is 2.78. The number of anilines is 1. The summed E-state index contributed by atoms with van der Waals surface area (Å²) in [5, 5.41) is 14.2. The van der Waals surface area contributed by atoms with Crippen LogP contribution in [0.5, 0.6) is 0 Å². The van der Waals surface area contributed by atoms with E-state index in [1.807, 2.05) is 0 Å². The number of hydrogen-bond acceptors (Lipinski definition) is 3. The highest BCUT2D eigenvalue weighted by Crippen LogP contribution is 2.29. The Labute approximate surface area is 108 Å². The van der Waals surface area contributed by atoms with Gasteiger partial charge in [-0.1, -0.05) is 28.1 Å². The third kappa shape index (κ3) is 3.06.